The molecule has 0 fully saturated rings. The maximum Gasteiger partial charge on any atom is 0.330 e. The minimum absolute atomic E-state index is 0.303. The zero-order valence-corrected chi connectivity index (χ0v) is 11.6. The van der Waals surface area contributed by atoms with E-state index in [1.807, 2.05) is 0 Å². The normalized spacial score (nSPS) is 11.1. The van der Waals surface area contributed by atoms with Gasteiger partial charge in [-0.05, 0) is 6.42 Å². The van der Waals surface area contributed by atoms with E-state index >= 15 is 0 Å². The fourth-order valence-corrected chi connectivity index (χ4v) is 5.50. The van der Waals surface area contributed by atoms with Crippen molar-refractivity contribution in [1.29, 1.82) is 0 Å². The Morgan fingerprint density at radius 3 is 2.27 bits per heavy atom. The summed E-state index contributed by atoms with van der Waals surface area (Å²) in [7, 11) is -0.669. The van der Waals surface area contributed by atoms with E-state index in [2.05, 4.69) is 34.3 Å². The van der Waals surface area contributed by atoms with E-state index in [0.717, 1.165) is 17.5 Å². The number of carbonyl (C=O) groups excluding carboxylic acids is 1. The molecule has 0 rings (SSSR count). The molecule has 0 saturated heterocycles. The second kappa shape index (κ2) is 7.68. The van der Waals surface area contributed by atoms with Gasteiger partial charge >= 0.3 is 5.97 Å². The quantitative estimate of drug-likeness (QED) is 0.289. The van der Waals surface area contributed by atoms with Crippen molar-refractivity contribution in [3.05, 3.63) is 12.7 Å². The van der Waals surface area contributed by atoms with E-state index in [4.69, 9.17) is 4.74 Å². The van der Waals surface area contributed by atoms with Gasteiger partial charge in [0.25, 0.3) is 0 Å². The Kier molecular flexibility index (Phi) is 7.39. The molecule has 15 heavy (non-hydrogen) atoms. The van der Waals surface area contributed by atoms with Crippen LogP contribution >= 0.6 is 0 Å². The summed E-state index contributed by atoms with van der Waals surface area (Å²) in [6.07, 6.45) is 2.23. The Morgan fingerprint density at radius 1 is 1.33 bits per heavy atom. The maximum absolute atomic E-state index is 10.8. The highest BCUT2D eigenvalue weighted by atomic mass is 28.3. The average Bonchev–Trinajstić information content (AvgIpc) is 2.15. The molecule has 0 aliphatic carbocycles. The first-order chi connectivity index (χ1) is 6.99. The van der Waals surface area contributed by atoms with E-state index in [-0.39, 0.29) is 5.97 Å². The van der Waals surface area contributed by atoms with Gasteiger partial charge in [0.05, 0.1) is 6.61 Å². The molecule has 0 atom stereocenters. The van der Waals surface area contributed by atoms with Gasteiger partial charge in [-0.3, -0.25) is 0 Å². The Bertz CT molecular complexity index is 192. The third kappa shape index (κ3) is 6.50. The first-order valence-electron chi connectivity index (χ1n) is 5.78. The molecule has 0 unspecified atom stereocenters. The van der Waals surface area contributed by atoms with Crippen LogP contribution in [-0.4, -0.2) is 21.4 Å². The van der Waals surface area contributed by atoms with Crippen LogP contribution in [0.2, 0.25) is 17.1 Å². The molecule has 0 spiro atoms. The molecular weight excluding hydrogens is 204 g/mol. The predicted molar refractivity (Wildman–Crippen MR) is 67.9 cm³/mol. The van der Waals surface area contributed by atoms with Gasteiger partial charge in [-0.25, -0.2) is 4.79 Å². The zero-order chi connectivity index (χ0) is 11.8. The van der Waals surface area contributed by atoms with Crippen molar-refractivity contribution in [2.45, 2.75) is 51.2 Å². The van der Waals surface area contributed by atoms with Gasteiger partial charge in [-0.1, -0.05) is 51.4 Å². The molecule has 0 aromatic carbocycles. The monoisotopic (exact) mass is 228 g/mol. The van der Waals surface area contributed by atoms with Gasteiger partial charge in [0.1, 0.15) is 0 Å². The molecule has 0 saturated carbocycles. The van der Waals surface area contributed by atoms with Gasteiger partial charge < -0.3 is 4.74 Å². The number of rotatable bonds is 7. The molecule has 2 nitrogen and oxygen atoms in total. The lowest BCUT2D eigenvalue weighted by Crippen LogP contribution is -2.21. The van der Waals surface area contributed by atoms with Gasteiger partial charge in [0.15, 0.2) is 0 Å². The second-order valence-electron chi connectivity index (χ2n) is 4.67. The van der Waals surface area contributed by atoms with Crippen molar-refractivity contribution in [1.82, 2.24) is 0 Å². The van der Waals surface area contributed by atoms with Crippen molar-refractivity contribution in [3.63, 3.8) is 0 Å². The van der Waals surface area contributed by atoms with Crippen LogP contribution in [0.15, 0.2) is 12.7 Å². The molecule has 0 radical (unpaired) electrons. The molecule has 0 N–H and O–H groups in total. The van der Waals surface area contributed by atoms with Gasteiger partial charge in [0.2, 0.25) is 0 Å². The minimum Gasteiger partial charge on any atom is -0.463 e. The third-order valence-electron chi connectivity index (χ3n) is 2.81. The van der Waals surface area contributed by atoms with Crippen LogP contribution in [0.25, 0.3) is 0 Å². The van der Waals surface area contributed by atoms with Crippen molar-refractivity contribution in [2.75, 3.05) is 6.61 Å². The molecule has 0 amide bonds. The van der Waals surface area contributed by atoms with E-state index < -0.39 is 8.80 Å². The zero-order valence-electron chi connectivity index (χ0n) is 10.5. The first-order valence-corrected chi connectivity index (χ1v) is 7.93. The van der Waals surface area contributed by atoms with E-state index in [9.17, 15) is 4.79 Å². The summed E-state index contributed by atoms with van der Waals surface area (Å²) in [5.74, 6) is -0.303. The molecule has 0 heterocycles. The highest BCUT2D eigenvalue weighted by molar-refractivity contribution is 6.61. The summed E-state index contributed by atoms with van der Waals surface area (Å²) in [5, 5.41) is 0. The Morgan fingerprint density at radius 2 is 1.87 bits per heavy atom. The molecule has 0 aromatic heterocycles. The summed E-state index contributed by atoms with van der Waals surface area (Å²) >= 11 is 0. The number of carbonyl (C=O) groups is 1. The fourth-order valence-electron chi connectivity index (χ4n) is 1.99. The topological polar surface area (TPSA) is 26.3 Å². The maximum atomic E-state index is 10.8. The Hall–Kier alpha value is -0.573. The van der Waals surface area contributed by atoms with Crippen LogP contribution in [0.5, 0.6) is 0 Å². The number of hydrogen-bond donors (Lipinski definition) is 0. The molecule has 0 bridgehead atoms. The van der Waals surface area contributed by atoms with Crippen LogP contribution < -0.4 is 0 Å². The number of hydrogen-bond acceptors (Lipinski definition) is 2. The standard InChI is InChI=1S/C12H24O2Si/c1-6-12(13)14-8-7-9-15(10(2)3)11(4)5/h6,10-11,15H,1,7-9H2,2-5H3. The highest BCUT2D eigenvalue weighted by Gasteiger charge is 2.18. The molecule has 0 aliphatic rings. The van der Waals surface area contributed by atoms with E-state index in [0.29, 0.717) is 6.61 Å². The summed E-state index contributed by atoms with van der Waals surface area (Å²) < 4.78 is 4.97. The highest BCUT2D eigenvalue weighted by Crippen LogP contribution is 2.24. The molecule has 3 heteroatoms. The lowest BCUT2D eigenvalue weighted by molar-refractivity contribution is -0.137. The second-order valence-corrected chi connectivity index (χ2v) is 9.24. The van der Waals surface area contributed by atoms with Crippen molar-refractivity contribution >= 4 is 14.8 Å². The lowest BCUT2D eigenvalue weighted by Gasteiger charge is -2.22. The van der Waals surface area contributed by atoms with Crippen LogP contribution in [0.4, 0.5) is 0 Å². The van der Waals surface area contributed by atoms with Crippen LogP contribution in [0, 0.1) is 0 Å². The lowest BCUT2D eigenvalue weighted by atomic mass is 10.5. The molecule has 88 valence electrons. The van der Waals surface area contributed by atoms with Gasteiger partial charge in [0, 0.05) is 14.9 Å². The third-order valence-corrected chi connectivity index (χ3v) is 7.31. The summed E-state index contributed by atoms with van der Waals surface area (Å²) in [6, 6.07) is 1.26. The number of ether oxygens (including phenoxy) is 1. The summed E-state index contributed by atoms with van der Waals surface area (Å²) in [4.78, 5) is 10.8. The number of esters is 1. The Balaban J connectivity index is 3.72. The summed E-state index contributed by atoms with van der Waals surface area (Å²) in [6.45, 7) is 13.2. The largest absolute Gasteiger partial charge is 0.463 e. The predicted octanol–water partition coefficient (Wildman–Crippen LogP) is 3.15. The average molecular weight is 228 g/mol. The van der Waals surface area contributed by atoms with Crippen molar-refractivity contribution in [2.24, 2.45) is 0 Å². The van der Waals surface area contributed by atoms with Crippen LogP contribution in [0.3, 0.4) is 0 Å². The van der Waals surface area contributed by atoms with E-state index in [1.165, 1.54) is 12.1 Å². The van der Waals surface area contributed by atoms with Crippen LogP contribution in [0.1, 0.15) is 34.1 Å². The van der Waals surface area contributed by atoms with Gasteiger partial charge in [-0.2, -0.15) is 0 Å². The van der Waals surface area contributed by atoms with E-state index in [1.54, 1.807) is 0 Å². The Labute approximate surface area is 95.3 Å². The molecule has 0 aliphatic heterocycles. The van der Waals surface area contributed by atoms with Crippen molar-refractivity contribution < 1.29 is 9.53 Å². The SMILES string of the molecule is C=CC(=O)OCCC[SiH](C(C)C)C(C)C. The first kappa shape index (κ1) is 14.4. The smallest absolute Gasteiger partial charge is 0.330 e. The van der Waals surface area contributed by atoms with Gasteiger partial charge in [-0.15, -0.1) is 0 Å². The molecule has 0 aromatic rings. The minimum atomic E-state index is -0.669. The van der Waals surface area contributed by atoms with Crippen molar-refractivity contribution in [3.8, 4) is 0 Å². The fraction of sp³-hybridized carbons (Fsp3) is 0.750. The van der Waals surface area contributed by atoms with Crippen LogP contribution in [-0.2, 0) is 9.53 Å². The summed E-state index contributed by atoms with van der Waals surface area (Å²) in [5.41, 5.74) is 1.67. The molecular formula is C12H24O2Si.